The average Bonchev–Trinajstić information content (AvgIpc) is 3.04. The van der Waals surface area contributed by atoms with Gasteiger partial charge in [-0.1, -0.05) is 175 Å². The van der Waals surface area contributed by atoms with E-state index in [9.17, 15) is 15.0 Å². The van der Waals surface area contributed by atoms with Gasteiger partial charge in [0, 0.05) is 24.6 Å². The number of carbonyl (C=O) groups is 1. The van der Waals surface area contributed by atoms with Crippen LogP contribution in [0.4, 0.5) is 0 Å². The van der Waals surface area contributed by atoms with Gasteiger partial charge in [0.15, 0.2) is 0 Å². The largest absolute Gasteiger partial charge is 0.460 e. The van der Waals surface area contributed by atoms with Crippen molar-refractivity contribution in [3.63, 3.8) is 0 Å². The third-order valence-corrected chi connectivity index (χ3v) is 11.0. The molecule has 5 nitrogen and oxygen atoms in total. The topological polar surface area (TPSA) is 70.0 Å². The van der Waals surface area contributed by atoms with Crippen molar-refractivity contribution < 1.29 is 19.7 Å². The van der Waals surface area contributed by atoms with Crippen molar-refractivity contribution >= 4 is 17.7 Å². The highest BCUT2D eigenvalue weighted by atomic mass is 32.2. The molecule has 4 unspecified atom stereocenters. The second-order valence-corrected chi connectivity index (χ2v) is 15.6. The lowest BCUT2D eigenvalue weighted by Gasteiger charge is -2.39. The molecule has 2 N–H and O–H groups in total. The van der Waals surface area contributed by atoms with Gasteiger partial charge in [-0.25, -0.2) is 0 Å². The predicted molar refractivity (Wildman–Crippen MR) is 201 cm³/mol. The number of aliphatic hydroxyl groups excluding tert-OH is 2. The van der Waals surface area contributed by atoms with Crippen molar-refractivity contribution in [3.8, 4) is 0 Å². The van der Waals surface area contributed by atoms with Crippen LogP contribution in [0, 0.1) is 0 Å². The van der Waals surface area contributed by atoms with Gasteiger partial charge in [-0.05, 0) is 25.7 Å². The van der Waals surface area contributed by atoms with E-state index in [1.807, 2.05) is 0 Å². The molecule has 274 valence electrons. The molecule has 0 aromatic heterocycles. The Morgan fingerprint density at radius 2 is 1.04 bits per heavy atom. The predicted octanol–water partition coefficient (Wildman–Crippen LogP) is 11.0. The van der Waals surface area contributed by atoms with Gasteiger partial charge < -0.3 is 14.9 Å². The number of hydrogen-bond acceptors (Lipinski definition) is 6. The summed E-state index contributed by atoms with van der Waals surface area (Å²) in [5.41, 5.74) is 0. The number of morpholine rings is 1. The van der Waals surface area contributed by atoms with Gasteiger partial charge in [-0.15, -0.1) is 0 Å². The molecular weight excluding hydrogens is 591 g/mol. The van der Waals surface area contributed by atoms with Crippen molar-refractivity contribution in [3.05, 3.63) is 0 Å². The molecule has 0 spiro atoms. The molecule has 46 heavy (non-hydrogen) atoms. The molecule has 1 aliphatic rings. The van der Waals surface area contributed by atoms with E-state index in [2.05, 4.69) is 25.7 Å². The minimum Gasteiger partial charge on any atom is -0.460 e. The van der Waals surface area contributed by atoms with E-state index in [1.54, 1.807) is 11.8 Å². The molecule has 1 heterocycles. The van der Waals surface area contributed by atoms with Crippen LogP contribution in [-0.2, 0) is 9.53 Å². The van der Waals surface area contributed by atoms with Crippen molar-refractivity contribution in [1.82, 2.24) is 4.90 Å². The molecule has 0 aromatic rings. The minimum absolute atomic E-state index is 0.0682. The van der Waals surface area contributed by atoms with E-state index in [4.69, 9.17) is 4.74 Å². The van der Waals surface area contributed by atoms with Crippen molar-refractivity contribution in [1.29, 1.82) is 0 Å². The molecular formula is C40H79NO4S. The van der Waals surface area contributed by atoms with Crippen LogP contribution in [0.15, 0.2) is 0 Å². The van der Waals surface area contributed by atoms with Gasteiger partial charge in [0.25, 0.3) is 0 Å². The maximum Gasteiger partial charge on any atom is 0.324 e. The third-order valence-electron chi connectivity index (χ3n) is 9.88. The Hall–Kier alpha value is -0.300. The monoisotopic (exact) mass is 670 g/mol. The van der Waals surface area contributed by atoms with Crippen LogP contribution >= 0.6 is 11.8 Å². The summed E-state index contributed by atoms with van der Waals surface area (Å²) in [6.07, 6.45) is 33.7. The number of β-amino-alcohol motifs (C(OH)–C–C–N with tert-alkyl or cyclic N) is 1. The summed E-state index contributed by atoms with van der Waals surface area (Å²) in [4.78, 5) is 15.5. The minimum atomic E-state index is -0.403. The molecule has 1 rings (SSSR count). The lowest BCUT2D eigenvalue weighted by molar-refractivity contribution is -0.166. The summed E-state index contributed by atoms with van der Waals surface area (Å²) in [7, 11) is 0. The highest BCUT2D eigenvalue weighted by Gasteiger charge is 2.37. The second kappa shape index (κ2) is 31.9. The van der Waals surface area contributed by atoms with E-state index in [0.29, 0.717) is 18.1 Å². The molecule has 0 aromatic carbocycles. The van der Waals surface area contributed by atoms with Crippen LogP contribution in [0.3, 0.4) is 0 Å². The summed E-state index contributed by atoms with van der Waals surface area (Å²) in [5, 5.41) is 21.6. The van der Waals surface area contributed by atoms with Gasteiger partial charge in [-0.2, -0.15) is 11.8 Å². The van der Waals surface area contributed by atoms with Crippen molar-refractivity contribution in [2.24, 2.45) is 0 Å². The molecule has 1 saturated heterocycles. The molecule has 1 aliphatic heterocycles. The fourth-order valence-electron chi connectivity index (χ4n) is 6.81. The summed E-state index contributed by atoms with van der Waals surface area (Å²) in [5.74, 6) is 1.16. The fraction of sp³-hybridized carbons (Fsp3) is 0.975. The van der Waals surface area contributed by atoms with E-state index < -0.39 is 6.10 Å². The number of thioether (sulfide) groups is 1. The Morgan fingerprint density at radius 3 is 1.52 bits per heavy atom. The normalized spacial score (nSPS) is 18.6. The molecule has 0 aliphatic carbocycles. The first kappa shape index (κ1) is 43.7. The molecule has 0 radical (unpaired) electrons. The molecule has 0 amide bonds. The van der Waals surface area contributed by atoms with E-state index in [1.165, 1.54) is 141 Å². The van der Waals surface area contributed by atoms with Crippen LogP contribution in [0.1, 0.15) is 201 Å². The number of carbonyl (C=O) groups excluding carboxylic acids is 1. The number of unbranched alkanes of at least 4 members (excludes halogenated alkanes) is 22. The molecule has 0 saturated carbocycles. The van der Waals surface area contributed by atoms with E-state index in [0.717, 1.165) is 45.1 Å². The number of esters is 1. The number of nitrogens with zero attached hydrogens (tertiary/aromatic N) is 1. The van der Waals surface area contributed by atoms with Gasteiger partial charge in [0.1, 0.15) is 12.1 Å². The Bertz CT molecular complexity index is 665. The number of hydrogen-bond donors (Lipinski definition) is 2. The van der Waals surface area contributed by atoms with Crippen molar-refractivity contribution in [2.75, 3.05) is 24.6 Å². The average molecular weight is 670 g/mol. The van der Waals surface area contributed by atoms with Gasteiger partial charge in [0.05, 0.1) is 12.2 Å². The molecule has 1 fully saturated rings. The van der Waals surface area contributed by atoms with Crippen LogP contribution in [0.5, 0.6) is 0 Å². The first-order valence-corrected chi connectivity index (χ1v) is 21.6. The zero-order chi connectivity index (χ0) is 33.5. The second-order valence-electron chi connectivity index (χ2n) is 14.5. The highest BCUT2D eigenvalue weighted by Crippen LogP contribution is 2.24. The smallest absolute Gasteiger partial charge is 0.324 e. The maximum atomic E-state index is 13.3. The van der Waals surface area contributed by atoms with E-state index in [-0.39, 0.29) is 24.2 Å². The van der Waals surface area contributed by atoms with Gasteiger partial charge in [0.2, 0.25) is 0 Å². The van der Waals surface area contributed by atoms with Crippen LogP contribution in [0.25, 0.3) is 0 Å². The molecule has 4 atom stereocenters. The molecule has 6 heteroatoms. The fourth-order valence-corrected chi connectivity index (χ4v) is 7.96. The number of cyclic esters (lactones) is 1. The zero-order valence-corrected chi connectivity index (χ0v) is 31.8. The standard InChI is InChI=1S/C40H79NO4S/c1-4-7-10-13-16-19-21-23-26-29-36(42)32-41-33-38(31-28-25-22-18-15-12-9-6-3)45-40(44)39(41)35-46-34-37(43)30-27-24-20-17-14-11-8-5-2/h36-39,42-43H,4-35H2,1-3H3. The van der Waals surface area contributed by atoms with Crippen molar-refractivity contribution in [2.45, 2.75) is 225 Å². The van der Waals surface area contributed by atoms with Gasteiger partial charge >= 0.3 is 5.97 Å². The van der Waals surface area contributed by atoms with Crippen LogP contribution in [-0.4, -0.2) is 70.0 Å². The Labute approximate surface area is 291 Å². The maximum absolute atomic E-state index is 13.3. The Kier molecular flexibility index (Phi) is 30.4. The third kappa shape index (κ3) is 24.8. The SMILES string of the molecule is CCCCCCCCCCCC(O)CN1CC(CCCCCCCCCC)OC(=O)C1CSCC(O)CCCCCCCCCC. The number of ether oxygens (including phenoxy) is 1. The van der Waals surface area contributed by atoms with E-state index >= 15 is 0 Å². The Balaban J connectivity index is 2.44. The summed E-state index contributed by atoms with van der Waals surface area (Å²) in [6.45, 7) is 8.05. The lowest BCUT2D eigenvalue weighted by atomic mass is 10.0. The quantitative estimate of drug-likeness (QED) is 0.0525. The molecule has 0 bridgehead atoms. The summed E-state index contributed by atoms with van der Waals surface area (Å²) in [6, 6.07) is -0.326. The summed E-state index contributed by atoms with van der Waals surface area (Å²) < 4.78 is 5.98. The van der Waals surface area contributed by atoms with Gasteiger partial charge in [-0.3, -0.25) is 9.69 Å². The first-order valence-electron chi connectivity index (χ1n) is 20.4. The highest BCUT2D eigenvalue weighted by molar-refractivity contribution is 7.99. The number of rotatable bonds is 34. The summed E-state index contributed by atoms with van der Waals surface area (Å²) >= 11 is 1.67. The number of aliphatic hydroxyl groups is 2. The van der Waals surface area contributed by atoms with Crippen LogP contribution < -0.4 is 0 Å². The first-order chi connectivity index (χ1) is 22.5. The lowest BCUT2D eigenvalue weighted by Crippen LogP contribution is -2.55. The Morgan fingerprint density at radius 1 is 0.630 bits per heavy atom. The zero-order valence-electron chi connectivity index (χ0n) is 31.0. The van der Waals surface area contributed by atoms with Crippen LogP contribution in [0.2, 0.25) is 0 Å².